The monoisotopic (exact) mass is 347 g/mol. The first kappa shape index (κ1) is 17.6. The third-order valence-corrected chi connectivity index (χ3v) is 5.26. The molecule has 1 aromatic rings. The van der Waals surface area contributed by atoms with Gasteiger partial charge in [0.25, 0.3) is 0 Å². The number of esters is 1. The van der Waals surface area contributed by atoms with Gasteiger partial charge >= 0.3 is 5.97 Å². The predicted octanol–water partition coefficient (Wildman–Crippen LogP) is 2.25. The number of benzene rings is 1. The molecule has 1 aliphatic heterocycles. The van der Waals surface area contributed by atoms with Crippen LogP contribution in [0.15, 0.2) is 18.2 Å². The van der Waals surface area contributed by atoms with E-state index in [0.29, 0.717) is 31.1 Å². The Labute approximate surface area is 148 Å². The van der Waals surface area contributed by atoms with Gasteiger partial charge in [-0.05, 0) is 30.9 Å². The molecule has 6 heteroatoms. The predicted molar refractivity (Wildman–Crippen MR) is 91.3 cm³/mol. The van der Waals surface area contributed by atoms with Crippen LogP contribution in [0.3, 0.4) is 0 Å². The van der Waals surface area contributed by atoms with Gasteiger partial charge in [0.05, 0.1) is 26.7 Å². The van der Waals surface area contributed by atoms with Crippen molar-refractivity contribution < 1.29 is 23.8 Å². The van der Waals surface area contributed by atoms with E-state index in [4.69, 9.17) is 14.2 Å². The van der Waals surface area contributed by atoms with Crippen LogP contribution in [-0.2, 0) is 20.9 Å². The zero-order valence-electron chi connectivity index (χ0n) is 15.2. The summed E-state index contributed by atoms with van der Waals surface area (Å²) in [7, 11) is 3.20. The normalized spacial score (nSPS) is 27.5. The molecule has 2 fully saturated rings. The Kier molecular flexibility index (Phi) is 4.88. The van der Waals surface area contributed by atoms with Crippen LogP contribution < -0.4 is 9.47 Å². The SMILES string of the molecule is CCOC(=O)[C@H]1[C@@H]2[C@H]1N(Cc1ccc(OC)cc1OC)C(=O)C[C@@H]2C. The van der Waals surface area contributed by atoms with Crippen molar-refractivity contribution in [2.45, 2.75) is 32.9 Å². The molecule has 6 nitrogen and oxygen atoms in total. The van der Waals surface area contributed by atoms with E-state index in [0.717, 1.165) is 5.56 Å². The van der Waals surface area contributed by atoms with Crippen LogP contribution >= 0.6 is 0 Å². The molecule has 0 spiro atoms. The molecule has 1 saturated carbocycles. The summed E-state index contributed by atoms with van der Waals surface area (Å²) in [5, 5.41) is 0. The van der Waals surface area contributed by atoms with Gasteiger partial charge < -0.3 is 19.1 Å². The van der Waals surface area contributed by atoms with Gasteiger partial charge in [0.1, 0.15) is 11.5 Å². The van der Waals surface area contributed by atoms with E-state index in [1.807, 2.05) is 24.0 Å². The standard InChI is InChI=1S/C19H25NO5/c1-5-25-19(22)17-16-11(2)8-15(21)20(18(16)17)10-12-6-7-13(23-3)9-14(12)24-4/h6-7,9,11,16-18H,5,8,10H2,1-4H3/t11-,16+,17-,18+/m0/s1. The summed E-state index contributed by atoms with van der Waals surface area (Å²) in [6.07, 6.45) is 0.468. The summed E-state index contributed by atoms with van der Waals surface area (Å²) < 4.78 is 15.9. The van der Waals surface area contributed by atoms with E-state index in [1.165, 1.54) is 0 Å². The van der Waals surface area contributed by atoms with E-state index < -0.39 is 0 Å². The minimum absolute atomic E-state index is 0.0675. The Morgan fingerprint density at radius 3 is 2.68 bits per heavy atom. The lowest BCUT2D eigenvalue weighted by Crippen LogP contribution is -2.39. The van der Waals surface area contributed by atoms with Crippen LogP contribution in [0.4, 0.5) is 0 Å². The zero-order chi connectivity index (χ0) is 18.1. The molecule has 1 saturated heterocycles. The number of hydrogen-bond acceptors (Lipinski definition) is 5. The Morgan fingerprint density at radius 2 is 2.04 bits per heavy atom. The number of rotatable bonds is 6. The van der Waals surface area contributed by atoms with Crippen molar-refractivity contribution in [3.63, 3.8) is 0 Å². The Bertz CT molecular complexity index is 674. The number of carbonyl (C=O) groups is 2. The van der Waals surface area contributed by atoms with Crippen molar-refractivity contribution in [3.8, 4) is 11.5 Å². The van der Waals surface area contributed by atoms with Crippen molar-refractivity contribution in [3.05, 3.63) is 23.8 Å². The van der Waals surface area contributed by atoms with Gasteiger partial charge in [0.2, 0.25) is 5.91 Å². The number of ether oxygens (including phenoxy) is 3. The number of methoxy groups -OCH3 is 2. The number of piperidine rings is 1. The molecule has 1 aliphatic carbocycles. The number of nitrogens with zero attached hydrogens (tertiary/aromatic N) is 1. The quantitative estimate of drug-likeness (QED) is 0.739. The Morgan fingerprint density at radius 1 is 1.28 bits per heavy atom. The van der Waals surface area contributed by atoms with Crippen molar-refractivity contribution in [2.75, 3.05) is 20.8 Å². The topological polar surface area (TPSA) is 65.1 Å². The highest BCUT2D eigenvalue weighted by Gasteiger charge is 2.64. The van der Waals surface area contributed by atoms with Gasteiger partial charge in [-0.15, -0.1) is 0 Å². The van der Waals surface area contributed by atoms with Gasteiger partial charge in [-0.25, -0.2) is 0 Å². The van der Waals surface area contributed by atoms with Gasteiger partial charge in [-0.1, -0.05) is 6.92 Å². The number of fused-ring (bicyclic) bond motifs is 1. The number of hydrogen-bond donors (Lipinski definition) is 0. The van der Waals surface area contributed by atoms with Crippen LogP contribution in [0.1, 0.15) is 25.8 Å². The Balaban J connectivity index is 1.82. The average Bonchev–Trinajstić information content (AvgIpc) is 3.35. The van der Waals surface area contributed by atoms with E-state index in [2.05, 4.69) is 0 Å². The molecule has 3 rings (SSSR count). The van der Waals surface area contributed by atoms with Crippen LogP contribution in [-0.4, -0.2) is 43.6 Å². The molecular weight excluding hydrogens is 322 g/mol. The molecule has 25 heavy (non-hydrogen) atoms. The molecule has 1 amide bonds. The Hall–Kier alpha value is -2.24. The molecule has 0 radical (unpaired) electrons. The van der Waals surface area contributed by atoms with Gasteiger partial charge in [-0.3, -0.25) is 9.59 Å². The third-order valence-electron chi connectivity index (χ3n) is 5.26. The minimum atomic E-state index is -0.203. The lowest BCUT2D eigenvalue weighted by atomic mass is 9.96. The maximum atomic E-state index is 12.6. The van der Waals surface area contributed by atoms with Crippen molar-refractivity contribution >= 4 is 11.9 Å². The summed E-state index contributed by atoms with van der Waals surface area (Å²) in [4.78, 5) is 26.6. The summed E-state index contributed by atoms with van der Waals surface area (Å²) in [6.45, 7) is 4.64. The fraction of sp³-hybridized carbons (Fsp3) is 0.579. The maximum Gasteiger partial charge on any atom is 0.311 e. The molecular formula is C19H25NO5. The summed E-state index contributed by atoms with van der Waals surface area (Å²) >= 11 is 0. The minimum Gasteiger partial charge on any atom is -0.497 e. The first-order chi connectivity index (χ1) is 12.0. The largest absolute Gasteiger partial charge is 0.497 e. The molecule has 0 unspecified atom stereocenters. The van der Waals surface area contributed by atoms with E-state index in [1.54, 1.807) is 27.2 Å². The molecule has 2 aliphatic rings. The average molecular weight is 347 g/mol. The molecule has 4 atom stereocenters. The number of amides is 1. The molecule has 136 valence electrons. The number of carbonyl (C=O) groups excluding carboxylic acids is 2. The summed E-state index contributed by atoms with van der Waals surface area (Å²) in [5.41, 5.74) is 0.902. The zero-order valence-corrected chi connectivity index (χ0v) is 15.2. The second-order valence-corrected chi connectivity index (χ2v) is 6.73. The van der Waals surface area contributed by atoms with E-state index in [-0.39, 0.29) is 35.7 Å². The molecule has 0 aromatic heterocycles. The molecule has 1 aromatic carbocycles. The number of likely N-dealkylation sites (tertiary alicyclic amines) is 1. The molecule has 0 N–H and O–H groups in total. The van der Waals surface area contributed by atoms with Gasteiger partial charge in [0, 0.05) is 30.6 Å². The smallest absolute Gasteiger partial charge is 0.311 e. The maximum absolute atomic E-state index is 12.6. The highest BCUT2D eigenvalue weighted by Crippen LogP contribution is 2.53. The summed E-state index contributed by atoms with van der Waals surface area (Å²) in [6, 6.07) is 5.49. The first-order valence-corrected chi connectivity index (χ1v) is 8.68. The van der Waals surface area contributed by atoms with Crippen LogP contribution in [0.5, 0.6) is 11.5 Å². The van der Waals surface area contributed by atoms with Crippen molar-refractivity contribution in [2.24, 2.45) is 17.8 Å². The van der Waals surface area contributed by atoms with Crippen molar-refractivity contribution in [1.29, 1.82) is 0 Å². The molecule has 1 heterocycles. The lowest BCUT2D eigenvalue weighted by Gasteiger charge is -2.30. The fourth-order valence-electron chi connectivity index (χ4n) is 4.00. The summed E-state index contributed by atoms with van der Waals surface area (Å²) in [5.74, 6) is 1.47. The highest BCUT2D eigenvalue weighted by atomic mass is 16.5. The lowest BCUT2D eigenvalue weighted by molar-refractivity contribution is -0.145. The van der Waals surface area contributed by atoms with Gasteiger partial charge in [-0.2, -0.15) is 0 Å². The van der Waals surface area contributed by atoms with Crippen LogP contribution in [0.25, 0.3) is 0 Å². The fourth-order valence-corrected chi connectivity index (χ4v) is 4.00. The van der Waals surface area contributed by atoms with Crippen LogP contribution in [0.2, 0.25) is 0 Å². The third kappa shape index (κ3) is 3.17. The van der Waals surface area contributed by atoms with Crippen molar-refractivity contribution in [1.82, 2.24) is 4.90 Å². The van der Waals surface area contributed by atoms with Gasteiger partial charge in [0.15, 0.2) is 0 Å². The highest BCUT2D eigenvalue weighted by molar-refractivity contribution is 5.84. The first-order valence-electron chi connectivity index (χ1n) is 8.68. The second-order valence-electron chi connectivity index (χ2n) is 6.73. The second kappa shape index (κ2) is 6.94. The van der Waals surface area contributed by atoms with Crippen LogP contribution in [0, 0.1) is 17.8 Å². The van der Waals surface area contributed by atoms with E-state index >= 15 is 0 Å². The molecule has 0 bridgehead atoms. The van der Waals surface area contributed by atoms with E-state index in [9.17, 15) is 9.59 Å².